The van der Waals surface area contributed by atoms with Crippen molar-refractivity contribution < 1.29 is 50.3 Å². The maximum Gasteiger partial charge on any atom is 0.147 e. The summed E-state index contributed by atoms with van der Waals surface area (Å²) >= 11 is 0. The van der Waals surface area contributed by atoms with Crippen LogP contribution in [0.2, 0.25) is 0 Å². The van der Waals surface area contributed by atoms with Crippen LogP contribution < -0.4 is 0 Å². The van der Waals surface area contributed by atoms with Gasteiger partial charge in [-0.25, -0.2) is 0 Å². The Balaban J connectivity index is 1.38. The molecule has 0 spiro atoms. The summed E-state index contributed by atoms with van der Waals surface area (Å²) in [6.45, 7) is 3.39. The minimum absolute atomic E-state index is 0.101. The first-order valence-corrected chi connectivity index (χ1v) is 13.9. The van der Waals surface area contributed by atoms with Gasteiger partial charge in [-0.2, -0.15) is 0 Å². The SMILES string of the molecule is CC1(C)c2cc(C#C[C@H]3O[C@H](CO)[C@@H](O)[C@H](O)[C@@H]3O)ccc2-c2ccc(C#C[C@H]3O[C@H](CCO)[C@@H](O)[C@H](O)[C@@H]3O)cc21. The Morgan fingerprint density at radius 2 is 1.10 bits per heavy atom. The third kappa shape index (κ3) is 5.48. The number of fused-ring (bicyclic) bond motifs is 3. The van der Waals surface area contributed by atoms with Crippen molar-refractivity contribution in [2.24, 2.45) is 0 Å². The highest BCUT2D eigenvalue weighted by atomic mass is 16.5. The zero-order valence-corrected chi connectivity index (χ0v) is 23.3. The molecule has 10 heteroatoms. The Labute approximate surface area is 243 Å². The van der Waals surface area contributed by atoms with Gasteiger partial charge in [-0.3, -0.25) is 0 Å². The van der Waals surface area contributed by atoms with Crippen LogP contribution in [-0.4, -0.2) is 115 Å². The second-order valence-electron chi connectivity index (χ2n) is 11.5. The molecule has 42 heavy (non-hydrogen) atoms. The lowest BCUT2D eigenvalue weighted by Gasteiger charge is -2.38. The van der Waals surface area contributed by atoms with Crippen LogP contribution >= 0.6 is 0 Å². The zero-order valence-electron chi connectivity index (χ0n) is 23.3. The third-order valence-electron chi connectivity index (χ3n) is 8.41. The Bertz CT molecular complexity index is 1430. The van der Waals surface area contributed by atoms with Gasteiger partial charge in [-0.15, -0.1) is 0 Å². The van der Waals surface area contributed by atoms with E-state index in [0.717, 1.165) is 22.3 Å². The van der Waals surface area contributed by atoms with Gasteiger partial charge in [0.05, 0.1) is 12.7 Å². The number of ether oxygens (including phenoxy) is 2. The normalized spacial score (nSPS) is 34.8. The van der Waals surface area contributed by atoms with Gasteiger partial charge in [0.25, 0.3) is 0 Å². The molecule has 1 aliphatic carbocycles. The summed E-state index contributed by atoms with van der Waals surface area (Å²) in [6.07, 6.45) is -12.4. The molecular formula is C32H36O10. The minimum atomic E-state index is -1.49. The maximum absolute atomic E-state index is 10.4. The van der Waals surface area contributed by atoms with Crippen LogP contribution in [-0.2, 0) is 14.9 Å². The summed E-state index contributed by atoms with van der Waals surface area (Å²) in [5, 5.41) is 79.7. The van der Waals surface area contributed by atoms with E-state index in [1.807, 2.05) is 36.4 Å². The molecule has 2 saturated heterocycles. The lowest BCUT2D eigenvalue weighted by Crippen LogP contribution is -2.58. The Hall–Kier alpha value is -2.84. The fourth-order valence-corrected chi connectivity index (χ4v) is 5.86. The summed E-state index contributed by atoms with van der Waals surface area (Å²) in [7, 11) is 0. The summed E-state index contributed by atoms with van der Waals surface area (Å²) in [5.74, 6) is 11.7. The van der Waals surface area contributed by atoms with Crippen molar-refractivity contribution in [1.29, 1.82) is 0 Å². The number of rotatable bonds is 3. The molecule has 0 saturated carbocycles. The van der Waals surface area contributed by atoms with Crippen LogP contribution in [0.4, 0.5) is 0 Å². The molecule has 0 bridgehead atoms. The van der Waals surface area contributed by atoms with Crippen molar-refractivity contribution in [3.63, 3.8) is 0 Å². The van der Waals surface area contributed by atoms with Gasteiger partial charge in [-0.05, 0) is 52.9 Å². The topological polar surface area (TPSA) is 180 Å². The summed E-state index contributed by atoms with van der Waals surface area (Å²) < 4.78 is 11.2. The van der Waals surface area contributed by atoms with E-state index < -0.39 is 73.1 Å². The van der Waals surface area contributed by atoms with Gasteiger partial charge in [0, 0.05) is 23.1 Å². The molecule has 0 aromatic heterocycles. The second-order valence-corrected chi connectivity index (χ2v) is 11.5. The molecule has 2 aromatic rings. The van der Waals surface area contributed by atoms with Crippen LogP contribution in [0, 0.1) is 23.7 Å². The molecular weight excluding hydrogens is 544 g/mol. The lowest BCUT2D eigenvalue weighted by molar-refractivity contribution is -0.214. The molecule has 0 unspecified atom stereocenters. The predicted molar refractivity (Wildman–Crippen MR) is 150 cm³/mol. The van der Waals surface area contributed by atoms with Crippen molar-refractivity contribution in [3.8, 4) is 34.8 Å². The van der Waals surface area contributed by atoms with E-state index in [1.165, 1.54) is 0 Å². The Morgan fingerprint density at radius 3 is 1.55 bits per heavy atom. The third-order valence-corrected chi connectivity index (χ3v) is 8.41. The quantitative estimate of drug-likeness (QED) is 0.205. The van der Waals surface area contributed by atoms with Gasteiger partial charge in [0.1, 0.15) is 54.9 Å². The molecule has 0 radical (unpaired) electrons. The summed E-state index contributed by atoms with van der Waals surface area (Å²) in [4.78, 5) is 0. The van der Waals surface area contributed by atoms with Gasteiger partial charge in [-0.1, -0.05) is 49.7 Å². The predicted octanol–water partition coefficient (Wildman–Crippen LogP) is -1.23. The smallest absolute Gasteiger partial charge is 0.147 e. The first kappa shape index (κ1) is 30.6. The zero-order chi connectivity index (χ0) is 30.3. The van der Waals surface area contributed by atoms with E-state index >= 15 is 0 Å². The van der Waals surface area contributed by atoms with E-state index in [1.54, 1.807) is 0 Å². The monoisotopic (exact) mass is 580 g/mol. The molecule has 2 heterocycles. The van der Waals surface area contributed by atoms with E-state index in [2.05, 4.69) is 37.5 Å². The fraction of sp³-hybridized carbons (Fsp3) is 0.500. The molecule has 224 valence electrons. The van der Waals surface area contributed by atoms with E-state index in [4.69, 9.17) is 9.47 Å². The second kappa shape index (κ2) is 12.0. The summed E-state index contributed by atoms with van der Waals surface area (Å²) in [6, 6.07) is 11.6. The van der Waals surface area contributed by atoms with Crippen molar-refractivity contribution in [1.82, 2.24) is 0 Å². The van der Waals surface area contributed by atoms with Crippen molar-refractivity contribution >= 4 is 0 Å². The average molecular weight is 581 g/mol. The highest BCUT2D eigenvalue weighted by Crippen LogP contribution is 2.49. The van der Waals surface area contributed by atoms with Gasteiger partial charge >= 0.3 is 0 Å². The number of hydrogen-bond acceptors (Lipinski definition) is 10. The Morgan fingerprint density at radius 1 is 0.643 bits per heavy atom. The van der Waals surface area contributed by atoms with E-state index in [0.29, 0.717) is 11.1 Å². The highest BCUT2D eigenvalue weighted by molar-refractivity contribution is 5.82. The van der Waals surface area contributed by atoms with E-state index in [-0.39, 0.29) is 13.0 Å². The molecule has 2 aromatic carbocycles. The standard InChI is InChI=1S/C32H36O10/c1-32(2)20-13-16(5-9-22-26(35)30(39)28(37)24(41-22)11-12-33)3-7-18(20)19-8-4-17(14-21(19)32)6-10-23-27(36)31(40)29(38)25(15-34)42-23/h3-4,7-8,13-14,22-31,33-40H,11-12,15H2,1-2H3/t22-,23-,24-,25-,26-,27-,28-,29-,30-,31-/m1/s1. The molecule has 10 atom stereocenters. The first-order valence-electron chi connectivity index (χ1n) is 13.9. The van der Waals surface area contributed by atoms with Crippen molar-refractivity contribution in [2.75, 3.05) is 13.2 Å². The van der Waals surface area contributed by atoms with Crippen LogP contribution in [0.3, 0.4) is 0 Å². The summed E-state index contributed by atoms with van der Waals surface area (Å²) in [5.41, 5.74) is 5.03. The molecule has 5 rings (SSSR count). The maximum atomic E-state index is 10.4. The van der Waals surface area contributed by atoms with Crippen LogP contribution in [0.25, 0.3) is 11.1 Å². The molecule has 0 amide bonds. The number of aliphatic hydroxyl groups excluding tert-OH is 8. The number of aliphatic hydroxyl groups is 8. The van der Waals surface area contributed by atoms with Crippen molar-refractivity contribution in [2.45, 2.75) is 86.7 Å². The van der Waals surface area contributed by atoms with E-state index in [9.17, 15) is 40.9 Å². The molecule has 10 nitrogen and oxygen atoms in total. The average Bonchev–Trinajstić information content (AvgIpc) is 3.20. The lowest BCUT2D eigenvalue weighted by atomic mass is 9.81. The highest BCUT2D eigenvalue weighted by Gasteiger charge is 2.44. The molecule has 8 N–H and O–H groups in total. The van der Waals surface area contributed by atoms with Crippen LogP contribution in [0.15, 0.2) is 36.4 Å². The number of benzene rings is 2. The first-order chi connectivity index (χ1) is 20.0. The number of hydrogen-bond donors (Lipinski definition) is 8. The van der Waals surface area contributed by atoms with Gasteiger partial charge < -0.3 is 50.3 Å². The molecule has 3 aliphatic rings. The molecule has 2 fully saturated rings. The minimum Gasteiger partial charge on any atom is -0.396 e. The largest absolute Gasteiger partial charge is 0.396 e. The van der Waals surface area contributed by atoms with Gasteiger partial charge in [0.2, 0.25) is 0 Å². The Kier molecular flexibility index (Phi) is 8.77. The van der Waals surface area contributed by atoms with Crippen LogP contribution in [0.1, 0.15) is 42.5 Å². The van der Waals surface area contributed by atoms with Gasteiger partial charge in [0.15, 0.2) is 0 Å². The fourth-order valence-electron chi connectivity index (χ4n) is 5.86. The molecule has 2 aliphatic heterocycles. The van der Waals surface area contributed by atoms with Crippen molar-refractivity contribution in [3.05, 3.63) is 58.7 Å². The van der Waals surface area contributed by atoms with Crippen LogP contribution in [0.5, 0.6) is 0 Å².